The summed E-state index contributed by atoms with van der Waals surface area (Å²) in [6, 6.07) is 2.69. The van der Waals surface area contributed by atoms with Gasteiger partial charge < -0.3 is 10.2 Å². The van der Waals surface area contributed by atoms with Crippen LogP contribution in [0.25, 0.3) is 0 Å². The molecule has 0 aliphatic carbocycles. The number of rotatable bonds is 1. The van der Waals surface area contributed by atoms with Crippen LogP contribution in [0.1, 0.15) is 19.8 Å². The van der Waals surface area contributed by atoms with Crippen LogP contribution in [-0.4, -0.2) is 29.8 Å². The number of likely N-dealkylation sites (tertiary alicyclic amines) is 1. The molecule has 1 heterocycles. The van der Waals surface area contributed by atoms with Crippen molar-refractivity contribution in [2.45, 2.75) is 19.8 Å². The molecule has 0 bridgehead atoms. The predicted molar refractivity (Wildman–Crippen MR) is 70.0 cm³/mol. The van der Waals surface area contributed by atoms with E-state index in [2.05, 4.69) is 5.32 Å². The number of carbonyl (C=O) groups is 2. The van der Waals surface area contributed by atoms with E-state index in [-0.39, 0.29) is 5.69 Å². The molecule has 1 atom stereocenters. The third-order valence-corrected chi connectivity index (χ3v) is 3.32. The van der Waals surface area contributed by atoms with Gasteiger partial charge in [0.05, 0.1) is 5.69 Å². The number of amides is 2. The van der Waals surface area contributed by atoms with Gasteiger partial charge in [-0.3, -0.25) is 9.59 Å². The topological polar surface area (TPSA) is 49.4 Å². The van der Waals surface area contributed by atoms with Crippen LogP contribution in [0, 0.1) is 17.6 Å². The van der Waals surface area contributed by atoms with Crippen molar-refractivity contribution in [2.24, 2.45) is 5.92 Å². The Kier molecular flexibility index (Phi) is 4.32. The van der Waals surface area contributed by atoms with Gasteiger partial charge in [-0.1, -0.05) is 6.92 Å². The molecule has 0 saturated carbocycles. The van der Waals surface area contributed by atoms with Crippen molar-refractivity contribution >= 4 is 17.5 Å². The highest BCUT2D eigenvalue weighted by atomic mass is 19.1. The summed E-state index contributed by atoms with van der Waals surface area (Å²) in [5, 5.41) is 2.12. The Morgan fingerprint density at radius 2 is 2.10 bits per heavy atom. The minimum absolute atomic E-state index is 0.326. The Labute approximate surface area is 115 Å². The van der Waals surface area contributed by atoms with E-state index in [9.17, 15) is 18.4 Å². The first-order chi connectivity index (χ1) is 9.47. The average molecular weight is 282 g/mol. The number of nitrogens with one attached hydrogen (secondary N) is 1. The number of nitrogens with zero attached hydrogens (tertiary/aromatic N) is 1. The monoisotopic (exact) mass is 282 g/mol. The highest BCUT2D eigenvalue weighted by Gasteiger charge is 2.26. The molecule has 4 nitrogen and oxygen atoms in total. The first-order valence-corrected chi connectivity index (χ1v) is 6.52. The summed E-state index contributed by atoms with van der Waals surface area (Å²) in [6.07, 6.45) is 1.86. The number of hydrogen-bond acceptors (Lipinski definition) is 2. The Balaban J connectivity index is 2.04. The summed E-state index contributed by atoms with van der Waals surface area (Å²) in [5.74, 6) is -2.77. The first-order valence-electron chi connectivity index (χ1n) is 6.52. The molecule has 1 aliphatic rings. The van der Waals surface area contributed by atoms with E-state index in [0.717, 1.165) is 31.0 Å². The number of benzene rings is 1. The molecule has 0 aromatic heterocycles. The predicted octanol–water partition coefficient (Wildman–Crippen LogP) is 2.16. The van der Waals surface area contributed by atoms with Crippen molar-refractivity contribution in [1.82, 2.24) is 4.90 Å². The van der Waals surface area contributed by atoms with Crippen LogP contribution in [0.3, 0.4) is 0 Å². The summed E-state index contributed by atoms with van der Waals surface area (Å²) in [5.41, 5.74) is -0.326. The third kappa shape index (κ3) is 3.31. The largest absolute Gasteiger partial charge is 0.334 e. The van der Waals surface area contributed by atoms with Crippen LogP contribution in [0.15, 0.2) is 18.2 Å². The Morgan fingerprint density at radius 3 is 2.80 bits per heavy atom. The standard InChI is InChI=1S/C14H16F2N2O2/c1-9-3-2-6-18(8-9)14(20)13(19)17-12-7-10(15)4-5-11(12)16/h4-5,7,9H,2-3,6,8H2,1H3,(H,17,19). The van der Waals surface area contributed by atoms with Gasteiger partial charge in [0.2, 0.25) is 0 Å². The molecule has 1 N–H and O–H groups in total. The second-order valence-electron chi connectivity index (χ2n) is 5.08. The van der Waals surface area contributed by atoms with Gasteiger partial charge in [-0.15, -0.1) is 0 Å². The normalized spacial score (nSPS) is 18.8. The maximum atomic E-state index is 13.4. The van der Waals surface area contributed by atoms with E-state index in [1.54, 1.807) is 0 Å². The van der Waals surface area contributed by atoms with Gasteiger partial charge in [0.25, 0.3) is 0 Å². The number of anilines is 1. The summed E-state index contributed by atoms with van der Waals surface area (Å²) in [4.78, 5) is 25.2. The smallest absolute Gasteiger partial charge is 0.313 e. The average Bonchev–Trinajstić information content (AvgIpc) is 2.42. The molecule has 1 aromatic carbocycles. The third-order valence-electron chi connectivity index (χ3n) is 3.32. The lowest BCUT2D eigenvalue weighted by atomic mass is 10.0. The van der Waals surface area contributed by atoms with E-state index in [1.807, 2.05) is 6.92 Å². The fraction of sp³-hybridized carbons (Fsp3) is 0.429. The van der Waals surface area contributed by atoms with E-state index in [4.69, 9.17) is 0 Å². The molecule has 1 aromatic rings. The van der Waals surface area contributed by atoms with Gasteiger partial charge in [0.15, 0.2) is 0 Å². The van der Waals surface area contributed by atoms with Gasteiger partial charge in [-0.25, -0.2) is 8.78 Å². The van der Waals surface area contributed by atoms with Crippen LogP contribution in [-0.2, 0) is 9.59 Å². The molecule has 1 unspecified atom stereocenters. The molecular formula is C14H16F2N2O2. The van der Waals surface area contributed by atoms with E-state index >= 15 is 0 Å². The number of carbonyl (C=O) groups excluding carboxylic acids is 2. The van der Waals surface area contributed by atoms with Gasteiger partial charge in [-0.05, 0) is 30.9 Å². The van der Waals surface area contributed by atoms with Crippen molar-refractivity contribution in [3.63, 3.8) is 0 Å². The molecule has 108 valence electrons. The Hall–Kier alpha value is -1.98. The van der Waals surface area contributed by atoms with E-state index in [1.165, 1.54) is 4.90 Å². The molecule has 20 heavy (non-hydrogen) atoms. The summed E-state index contributed by atoms with van der Waals surface area (Å²) >= 11 is 0. The zero-order chi connectivity index (χ0) is 14.7. The van der Waals surface area contributed by atoms with E-state index in [0.29, 0.717) is 19.0 Å². The highest BCUT2D eigenvalue weighted by Crippen LogP contribution is 2.18. The fourth-order valence-electron chi connectivity index (χ4n) is 2.29. The van der Waals surface area contributed by atoms with Crippen molar-refractivity contribution in [2.75, 3.05) is 18.4 Å². The van der Waals surface area contributed by atoms with Crippen molar-refractivity contribution < 1.29 is 18.4 Å². The van der Waals surface area contributed by atoms with Crippen LogP contribution in [0.5, 0.6) is 0 Å². The maximum absolute atomic E-state index is 13.4. The van der Waals surface area contributed by atoms with Gasteiger partial charge in [0.1, 0.15) is 11.6 Å². The van der Waals surface area contributed by atoms with Crippen molar-refractivity contribution in [1.29, 1.82) is 0 Å². The van der Waals surface area contributed by atoms with Crippen LogP contribution in [0.4, 0.5) is 14.5 Å². The highest BCUT2D eigenvalue weighted by molar-refractivity contribution is 6.39. The molecule has 6 heteroatoms. The molecule has 1 aliphatic heterocycles. The molecule has 0 spiro atoms. The SMILES string of the molecule is CC1CCCN(C(=O)C(=O)Nc2cc(F)ccc2F)C1. The van der Waals surface area contributed by atoms with Crippen LogP contribution in [0.2, 0.25) is 0 Å². The quantitative estimate of drug-likeness (QED) is 0.802. The zero-order valence-corrected chi connectivity index (χ0v) is 11.2. The number of piperidine rings is 1. The lowest BCUT2D eigenvalue weighted by Gasteiger charge is -2.30. The minimum atomic E-state index is -0.941. The summed E-state index contributed by atoms with van der Waals surface area (Å²) in [7, 11) is 0. The number of hydrogen-bond donors (Lipinski definition) is 1. The van der Waals surface area contributed by atoms with E-state index < -0.39 is 23.4 Å². The molecule has 1 saturated heterocycles. The number of halogens is 2. The lowest BCUT2D eigenvalue weighted by molar-refractivity contribution is -0.144. The second-order valence-corrected chi connectivity index (χ2v) is 5.08. The van der Waals surface area contributed by atoms with Gasteiger partial charge in [-0.2, -0.15) is 0 Å². The molecule has 2 rings (SSSR count). The van der Waals surface area contributed by atoms with Gasteiger partial charge in [0, 0.05) is 19.2 Å². The summed E-state index contributed by atoms with van der Waals surface area (Å²) in [6.45, 7) is 3.03. The molecule has 0 radical (unpaired) electrons. The van der Waals surface area contributed by atoms with Crippen molar-refractivity contribution in [3.8, 4) is 0 Å². The maximum Gasteiger partial charge on any atom is 0.313 e. The van der Waals surface area contributed by atoms with Crippen LogP contribution >= 0.6 is 0 Å². The minimum Gasteiger partial charge on any atom is -0.334 e. The Morgan fingerprint density at radius 1 is 1.35 bits per heavy atom. The van der Waals surface area contributed by atoms with Gasteiger partial charge >= 0.3 is 11.8 Å². The molecule has 2 amide bonds. The zero-order valence-electron chi connectivity index (χ0n) is 11.2. The molecular weight excluding hydrogens is 266 g/mol. The second kappa shape index (κ2) is 5.98. The fourth-order valence-corrected chi connectivity index (χ4v) is 2.29. The molecule has 1 fully saturated rings. The lowest BCUT2D eigenvalue weighted by Crippen LogP contribution is -2.44. The summed E-state index contributed by atoms with van der Waals surface area (Å²) < 4.78 is 26.4. The van der Waals surface area contributed by atoms with Crippen LogP contribution < -0.4 is 5.32 Å². The Bertz CT molecular complexity index is 534. The first kappa shape index (κ1) is 14.4. The van der Waals surface area contributed by atoms with Crippen molar-refractivity contribution in [3.05, 3.63) is 29.8 Å².